The molecule has 2 aliphatic rings. The first-order chi connectivity index (χ1) is 9.81. The predicted octanol–water partition coefficient (Wildman–Crippen LogP) is 2.65. The lowest BCUT2D eigenvalue weighted by Gasteiger charge is -2.31. The van der Waals surface area contributed by atoms with E-state index in [0.717, 1.165) is 38.1 Å². The number of halogens is 1. The molecular formula is C16H23ClN2OS. The van der Waals surface area contributed by atoms with Gasteiger partial charge >= 0.3 is 0 Å². The minimum absolute atomic E-state index is 0. The molecule has 3 nitrogen and oxygen atoms in total. The number of likely N-dealkylation sites (N-methyl/N-ethyl adjacent to an activating group) is 1. The van der Waals surface area contributed by atoms with E-state index in [4.69, 9.17) is 0 Å². The van der Waals surface area contributed by atoms with Crippen LogP contribution in [0.2, 0.25) is 0 Å². The number of likely N-dealkylation sites (tertiary alicyclic amines) is 1. The van der Waals surface area contributed by atoms with Crippen molar-refractivity contribution in [2.75, 3.05) is 25.9 Å². The summed E-state index contributed by atoms with van der Waals surface area (Å²) in [7, 11) is 1.96. The van der Waals surface area contributed by atoms with E-state index in [1.54, 1.807) is 0 Å². The maximum absolute atomic E-state index is 12.9. The first kappa shape index (κ1) is 16.7. The van der Waals surface area contributed by atoms with Crippen LogP contribution in [0, 0.1) is 0 Å². The standard InChI is InChI=1S/C16H22N2OS.ClH/c1-17-11-13-6-4-9-18(13)16(19)15-14-7-3-2-5-12(14)8-10-20-15;/h2-3,5,7,13,15,17H,4,6,8-11H2,1H3;1H. The molecule has 1 saturated heterocycles. The van der Waals surface area contributed by atoms with Crippen molar-refractivity contribution in [3.63, 3.8) is 0 Å². The van der Waals surface area contributed by atoms with Gasteiger partial charge in [0, 0.05) is 19.1 Å². The average molecular weight is 327 g/mol. The van der Waals surface area contributed by atoms with Crippen molar-refractivity contribution in [3.05, 3.63) is 35.4 Å². The van der Waals surface area contributed by atoms with Crippen molar-refractivity contribution in [1.29, 1.82) is 0 Å². The molecule has 0 saturated carbocycles. The van der Waals surface area contributed by atoms with Crippen LogP contribution in [0.4, 0.5) is 0 Å². The van der Waals surface area contributed by atoms with Gasteiger partial charge in [0.25, 0.3) is 0 Å². The molecule has 2 atom stereocenters. The van der Waals surface area contributed by atoms with Crippen LogP contribution in [0.25, 0.3) is 0 Å². The molecule has 1 aromatic rings. The number of rotatable bonds is 3. The minimum atomic E-state index is 0. The summed E-state index contributed by atoms with van der Waals surface area (Å²) in [6.07, 6.45) is 3.35. The molecule has 0 aromatic heterocycles. The fourth-order valence-corrected chi connectivity index (χ4v) is 4.58. The molecule has 2 aliphatic heterocycles. The normalized spacial score (nSPS) is 24.3. The monoisotopic (exact) mass is 326 g/mol. The Bertz CT molecular complexity index is 497. The summed E-state index contributed by atoms with van der Waals surface area (Å²) < 4.78 is 0. The molecule has 0 radical (unpaired) electrons. The van der Waals surface area contributed by atoms with E-state index in [9.17, 15) is 4.79 Å². The fraction of sp³-hybridized carbons (Fsp3) is 0.562. The topological polar surface area (TPSA) is 32.3 Å². The summed E-state index contributed by atoms with van der Waals surface area (Å²) in [6.45, 7) is 1.83. The van der Waals surface area contributed by atoms with Crippen molar-refractivity contribution in [2.24, 2.45) is 0 Å². The molecule has 1 aromatic carbocycles. The zero-order valence-corrected chi connectivity index (χ0v) is 14.0. The van der Waals surface area contributed by atoms with Crippen molar-refractivity contribution in [1.82, 2.24) is 10.2 Å². The van der Waals surface area contributed by atoms with Gasteiger partial charge in [-0.25, -0.2) is 0 Å². The van der Waals surface area contributed by atoms with Crippen molar-refractivity contribution < 1.29 is 4.79 Å². The molecule has 0 bridgehead atoms. The largest absolute Gasteiger partial charge is 0.337 e. The van der Waals surface area contributed by atoms with Crippen molar-refractivity contribution in [3.8, 4) is 0 Å². The van der Waals surface area contributed by atoms with Gasteiger partial charge in [-0.05, 0) is 43.2 Å². The summed E-state index contributed by atoms with van der Waals surface area (Å²) >= 11 is 1.81. The van der Waals surface area contributed by atoms with Crippen LogP contribution < -0.4 is 5.32 Å². The molecule has 2 unspecified atom stereocenters. The van der Waals surface area contributed by atoms with Gasteiger partial charge in [-0.1, -0.05) is 24.3 Å². The summed E-state index contributed by atoms with van der Waals surface area (Å²) in [6, 6.07) is 8.82. The van der Waals surface area contributed by atoms with Crippen LogP contribution in [0.15, 0.2) is 24.3 Å². The Kier molecular flexibility index (Phi) is 5.97. The van der Waals surface area contributed by atoms with E-state index < -0.39 is 0 Å². The predicted molar refractivity (Wildman–Crippen MR) is 91.3 cm³/mol. The Balaban J connectivity index is 0.00000161. The lowest BCUT2D eigenvalue weighted by Crippen LogP contribution is -2.43. The average Bonchev–Trinajstić information content (AvgIpc) is 2.94. The van der Waals surface area contributed by atoms with Crippen molar-refractivity contribution >= 4 is 30.1 Å². The fourth-order valence-electron chi connectivity index (χ4n) is 3.32. The third kappa shape index (κ3) is 3.38. The molecule has 2 heterocycles. The molecule has 21 heavy (non-hydrogen) atoms. The highest BCUT2D eigenvalue weighted by molar-refractivity contribution is 8.00. The van der Waals surface area contributed by atoms with E-state index in [0.29, 0.717) is 11.9 Å². The summed E-state index contributed by atoms with van der Waals surface area (Å²) in [4.78, 5) is 15.0. The number of thioether (sulfide) groups is 1. The lowest BCUT2D eigenvalue weighted by atomic mass is 10.0. The number of fused-ring (bicyclic) bond motifs is 1. The Hall–Kier alpha value is -0.710. The second-order valence-corrected chi connectivity index (χ2v) is 6.80. The van der Waals surface area contributed by atoms with Crippen LogP contribution in [-0.4, -0.2) is 42.7 Å². The SMILES string of the molecule is CNCC1CCCN1C(=O)C1SCCc2ccccc21.Cl. The summed E-state index contributed by atoms with van der Waals surface area (Å²) in [5.41, 5.74) is 2.60. The first-order valence-corrected chi connectivity index (χ1v) is 8.50. The van der Waals surface area contributed by atoms with Gasteiger partial charge in [0.05, 0.1) is 0 Å². The first-order valence-electron chi connectivity index (χ1n) is 7.45. The molecule has 0 aliphatic carbocycles. The Labute approximate surface area is 137 Å². The van der Waals surface area contributed by atoms with Crippen molar-refractivity contribution in [2.45, 2.75) is 30.6 Å². The number of hydrogen-bond acceptors (Lipinski definition) is 3. The maximum Gasteiger partial charge on any atom is 0.240 e. The van der Waals surface area contributed by atoms with Gasteiger partial charge in [-0.3, -0.25) is 4.79 Å². The Morgan fingerprint density at radius 1 is 1.43 bits per heavy atom. The Morgan fingerprint density at radius 3 is 3.05 bits per heavy atom. The highest BCUT2D eigenvalue weighted by Gasteiger charge is 2.35. The zero-order valence-electron chi connectivity index (χ0n) is 12.4. The summed E-state index contributed by atoms with van der Waals surface area (Å²) in [5.74, 6) is 1.37. The van der Waals surface area contributed by atoms with Crippen LogP contribution >= 0.6 is 24.2 Å². The zero-order chi connectivity index (χ0) is 13.9. The highest BCUT2D eigenvalue weighted by Crippen LogP contribution is 2.39. The van der Waals surface area contributed by atoms with Gasteiger partial charge < -0.3 is 10.2 Å². The smallest absolute Gasteiger partial charge is 0.240 e. The lowest BCUT2D eigenvalue weighted by molar-refractivity contribution is -0.131. The van der Waals surface area contributed by atoms with Crippen LogP contribution in [-0.2, 0) is 11.2 Å². The second-order valence-electron chi connectivity index (χ2n) is 5.59. The van der Waals surface area contributed by atoms with Gasteiger partial charge in [0.1, 0.15) is 5.25 Å². The second kappa shape index (κ2) is 7.52. The molecule has 1 fully saturated rings. The quantitative estimate of drug-likeness (QED) is 0.927. The molecule has 3 rings (SSSR count). The van der Waals surface area contributed by atoms with Crippen LogP contribution in [0.5, 0.6) is 0 Å². The van der Waals surface area contributed by atoms with Gasteiger partial charge in [-0.15, -0.1) is 24.2 Å². The molecule has 1 amide bonds. The van der Waals surface area contributed by atoms with Crippen LogP contribution in [0.3, 0.4) is 0 Å². The number of carbonyl (C=O) groups excluding carboxylic acids is 1. The molecule has 5 heteroatoms. The van der Waals surface area contributed by atoms with E-state index in [1.807, 2.05) is 18.8 Å². The maximum atomic E-state index is 12.9. The van der Waals surface area contributed by atoms with Gasteiger partial charge in [0.15, 0.2) is 0 Å². The third-order valence-corrected chi connectivity index (χ3v) is 5.55. The van der Waals surface area contributed by atoms with Gasteiger partial charge in [-0.2, -0.15) is 0 Å². The molecular weight excluding hydrogens is 304 g/mol. The number of carbonyl (C=O) groups is 1. The summed E-state index contributed by atoms with van der Waals surface area (Å²) in [5, 5.41) is 3.23. The van der Waals surface area contributed by atoms with E-state index in [-0.39, 0.29) is 17.7 Å². The van der Waals surface area contributed by atoms with E-state index in [2.05, 4.69) is 34.5 Å². The molecule has 0 spiro atoms. The molecule has 1 N–H and O–H groups in total. The molecule has 116 valence electrons. The number of nitrogens with zero attached hydrogens (tertiary/aromatic N) is 1. The number of nitrogens with one attached hydrogen (secondary N) is 1. The van der Waals surface area contributed by atoms with E-state index >= 15 is 0 Å². The Morgan fingerprint density at radius 2 is 2.24 bits per heavy atom. The van der Waals surface area contributed by atoms with Gasteiger partial charge in [0.2, 0.25) is 5.91 Å². The third-order valence-electron chi connectivity index (χ3n) is 4.32. The minimum Gasteiger partial charge on any atom is -0.337 e. The number of amides is 1. The number of benzene rings is 1. The van der Waals surface area contributed by atoms with E-state index in [1.165, 1.54) is 11.1 Å². The highest BCUT2D eigenvalue weighted by atomic mass is 35.5. The van der Waals surface area contributed by atoms with Crippen LogP contribution in [0.1, 0.15) is 29.2 Å². The number of hydrogen-bond donors (Lipinski definition) is 1. The number of aryl methyl sites for hydroxylation is 1.